The number of H-pyrrole nitrogens is 1. The van der Waals surface area contributed by atoms with Gasteiger partial charge in [0.05, 0.1) is 30.8 Å². The third kappa shape index (κ3) is 5.25. The van der Waals surface area contributed by atoms with E-state index in [1.54, 1.807) is 12.1 Å². The molecule has 2 heterocycles. The molecule has 0 aliphatic carbocycles. The molecule has 12 heteroatoms. The number of rotatable bonds is 10. The second-order valence-corrected chi connectivity index (χ2v) is 9.20. The molecule has 0 bridgehead atoms. The molecule has 0 radical (unpaired) electrons. The van der Waals surface area contributed by atoms with Crippen LogP contribution in [-0.4, -0.2) is 53.4 Å². The first-order valence-electron chi connectivity index (χ1n) is 10.0. The lowest BCUT2D eigenvalue weighted by Crippen LogP contribution is -2.22. The summed E-state index contributed by atoms with van der Waals surface area (Å²) < 4.78 is 37.0. The largest absolute Gasteiger partial charge is 0.469 e. The van der Waals surface area contributed by atoms with Gasteiger partial charge in [-0.25, -0.2) is 13.2 Å². The van der Waals surface area contributed by atoms with E-state index in [0.717, 1.165) is 12.8 Å². The lowest BCUT2D eigenvalue weighted by atomic mass is 10.1. The average Bonchev–Trinajstić information content (AvgIpc) is 3.08. The smallest absolute Gasteiger partial charge is 0.327 e. The van der Waals surface area contributed by atoms with Gasteiger partial charge in [0.2, 0.25) is 0 Å². The molecule has 3 rings (SSSR count). The maximum Gasteiger partial charge on any atom is 0.327 e. The molecule has 3 N–H and O–H groups in total. The summed E-state index contributed by atoms with van der Waals surface area (Å²) in [6.45, 7) is 2.25. The molecule has 0 saturated heterocycles. The van der Waals surface area contributed by atoms with Gasteiger partial charge in [0.15, 0.2) is 21.3 Å². The van der Waals surface area contributed by atoms with Gasteiger partial charge in [0, 0.05) is 6.54 Å². The number of nitrogens with one attached hydrogen (secondary N) is 1. The van der Waals surface area contributed by atoms with Crippen LogP contribution >= 0.6 is 0 Å². The number of carbonyl (C=O) groups excluding carboxylic acids is 1. The van der Waals surface area contributed by atoms with E-state index in [0.29, 0.717) is 12.2 Å². The zero-order valence-electron chi connectivity index (χ0n) is 17.8. The first-order chi connectivity index (χ1) is 15.2. The van der Waals surface area contributed by atoms with Gasteiger partial charge in [-0.2, -0.15) is 9.97 Å². The second kappa shape index (κ2) is 9.81. The molecule has 32 heavy (non-hydrogen) atoms. The molecule has 3 aromatic rings. The van der Waals surface area contributed by atoms with Crippen LogP contribution in [0.3, 0.4) is 0 Å². The molecule has 2 aromatic heterocycles. The third-order valence-electron chi connectivity index (χ3n) is 4.78. The highest BCUT2D eigenvalue weighted by Gasteiger charge is 2.20. The van der Waals surface area contributed by atoms with Gasteiger partial charge in [0.25, 0.3) is 0 Å². The van der Waals surface area contributed by atoms with E-state index in [-0.39, 0.29) is 46.6 Å². The van der Waals surface area contributed by atoms with E-state index in [9.17, 15) is 18.0 Å². The molecule has 0 atom stereocenters. The molecule has 11 nitrogen and oxygen atoms in total. The van der Waals surface area contributed by atoms with E-state index in [4.69, 9.17) is 10.5 Å². The summed E-state index contributed by atoms with van der Waals surface area (Å²) in [6.07, 6.45) is 1.68. The molecule has 0 fully saturated rings. The van der Waals surface area contributed by atoms with Gasteiger partial charge in [0.1, 0.15) is 5.52 Å². The van der Waals surface area contributed by atoms with Crippen LogP contribution in [0.25, 0.3) is 11.2 Å². The Kier molecular flexibility index (Phi) is 7.13. The summed E-state index contributed by atoms with van der Waals surface area (Å²) in [6, 6.07) is 6.07. The van der Waals surface area contributed by atoms with E-state index < -0.39 is 21.5 Å². The number of fused-ring (bicyclic) bond motifs is 1. The Bertz CT molecular complexity index is 1280. The number of hydrogen-bond acceptors (Lipinski definition) is 9. The van der Waals surface area contributed by atoms with Crippen molar-refractivity contribution in [3.05, 3.63) is 40.3 Å². The number of aromatic amines is 1. The number of nitrogens with zero attached hydrogens (tertiary/aromatic N) is 3. The van der Waals surface area contributed by atoms with E-state index >= 15 is 0 Å². The van der Waals surface area contributed by atoms with E-state index in [1.807, 2.05) is 6.92 Å². The van der Waals surface area contributed by atoms with Crippen LogP contribution in [0.5, 0.6) is 6.01 Å². The van der Waals surface area contributed by atoms with Crippen molar-refractivity contribution in [3.8, 4) is 6.01 Å². The van der Waals surface area contributed by atoms with Crippen molar-refractivity contribution in [2.45, 2.75) is 37.6 Å². The predicted octanol–water partition coefficient (Wildman–Crippen LogP) is 1.07. The molecular weight excluding hydrogens is 438 g/mol. The maximum atomic E-state index is 12.9. The van der Waals surface area contributed by atoms with E-state index in [1.165, 1.54) is 23.8 Å². The van der Waals surface area contributed by atoms with Gasteiger partial charge in [-0.1, -0.05) is 25.5 Å². The third-order valence-corrected chi connectivity index (χ3v) is 6.47. The van der Waals surface area contributed by atoms with Gasteiger partial charge in [-0.3, -0.25) is 9.36 Å². The Hall–Kier alpha value is -3.41. The van der Waals surface area contributed by atoms with Crippen molar-refractivity contribution < 1.29 is 22.7 Å². The fourth-order valence-corrected chi connectivity index (χ4v) is 4.30. The lowest BCUT2D eigenvalue weighted by Gasteiger charge is -2.08. The average molecular weight is 464 g/mol. The number of aromatic nitrogens is 4. The quantitative estimate of drug-likeness (QED) is 0.331. The Labute approximate surface area is 184 Å². The minimum atomic E-state index is -3.76. The number of nitrogens with two attached hydrogens (primary N) is 1. The molecule has 0 aliphatic rings. The number of benzene rings is 1. The van der Waals surface area contributed by atoms with Gasteiger partial charge < -0.3 is 20.2 Å². The summed E-state index contributed by atoms with van der Waals surface area (Å²) in [5.41, 5.74) is 6.26. The van der Waals surface area contributed by atoms with Crippen LogP contribution in [0.2, 0.25) is 0 Å². The Balaban J connectivity index is 1.85. The van der Waals surface area contributed by atoms with Crippen LogP contribution in [-0.2, 0) is 32.3 Å². The normalized spacial score (nSPS) is 11.6. The number of nitrogen functional groups attached to an aromatic ring is 1. The molecule has 0 amide bonds. The summed E-state index contributed by atoms with van der Waals surface area (Å²) in [5, 5.41) is 0. The van der Waals surface area contributed by atoms with Crippen molar-refractivity contribution in [3.63, 3.8) is 0 Å². The number of sulfone groups is 1. The highest BCUT2D eigenvalue weighted by molar-refractivity contribution is 7.91. The van der Waals surface area contributed by atoms with Crippen molar-refractivity contribution >= 4 is 32.8 Å². The Morgan fingerprint density at radius 3 is 2.78 bits per heavy atom. The monoisotopic (exact) mass is 463 g/mol. The van der Waals surface area contributed by atoms with Crippen LogP contribution in [0.1, 0.15) is 25.3 Å². The maximum absolute atomic E-state index is 12.9. The van der Waals surface area contributed by atoms with Crippen LogP contribution in [0.4, 0.5) is 5.82 Å². The van der Waals surface area contributed by atoms with Crippen molar-refractivity contribution in [1.29, 1.82) is 0 Å². The molecule has 0 unspecified atom stereocenters. The molecule has 172 valence electrons. The summed E-state index contributed by atoms with van der Waals surface area (Å²) in [7, 11) is -2.49. The SMILES string of the molecule is CCCCOc1nc(N)c2[nH]c(=O)n(CCS(=O)(=O)c3cccc(CC(=O)OC)c3)c2n1. The predicted molar refractivity (Wildman–Crippen MR) is 117 cm³/mol. The van der Waals surface area contributed by atoms with E-state index in [2.05, 4.69) is 19.7 Å². The topological polar surface area (TPSA) is 159 Å². The standard InChI is InChI=1S/C20H25N5O6S/c1-3-4-9-31-19-23-17(21)16-18(24-19)25(20(27)22-16)8-10-32(28,29)14-7-5-6-13(11-14)12-15(26)30-2/h5-7,11H,3-4,8-10,12H2,1-2H3,(H,22,27)(H2,21,23,24). The fraction of sp³-hybridized carbons (Fsp3) is 0.400. The number of ether oxygens (including phenoxy) is 2. The van der Waals surface area contributed by atoms with Crippen LogP contribution < -0.4 is 16.2 Å². The number of carbonyl (C=O) groups is 1. The summed E-state index contributed by atoms with van der Waals surface area (Å²) in [5.74, 6) is -0.799. The molecular formula is C20H25N5O6S. The second-order valence-electron chi connectivity index (χ2n) is 7.09. The number of unbranched alkanes of at least 4 members (excludes halogenated alkanes) is 1. The number of anilines is 1. The lowest BCUT2D eigenvalue weighted by molar-refractivity contribution is -0.139. The zero-order valence-corrected chi connectivity index (χ0v) is 18.6. The minimum Gasteiger partial charge on any atom is -0.469 e. The Morgan fingerprint density at radius 2 is 2.06 bits per heavy atom. The van der Waals surface area contributed by atoms with Crippen molar-refractivity contribution in [2.75, 3.05) is 25.2 Å². The Morgan fingerprint density at radius 1 is 1.28 bits per heavy atom. The number of esters is 1. The van der Waals surface area contributed by atoms with Gasteiger partial charge >= 0.3 is 17.7 Å². The summed E-state index contributed by atoms with van der Waals surface area (Å²) >= 11 is 0. The molecule has 0 spiro atoms. The molecule has 1 aromatic carbocycles. The van der Waals surface area contributed by atoms with Crippen molar-refractivity contribution in [1.82, 2.24) is 19.5 Å². The fourth-order valence-electron chi connectivity index (χ4n) is 3.03. The molecule has 0 aliphatic heterocycles. The molecule has 0 saturated carbocycles. The zero-order chi connectivity index (χ0) is 23.3. The summed E-state index contributed by atoms with van der Waals surface area (Å²) in [4.78, 5) is 34.8. The minimum absolute atomic E-state index is 0.0227. The highest BCUT2D eigenvalue weighted by atomic mass is 32.2. The number of aryl methyl sites for hydroxylation is 1. The van der Waals surface area contributed by atoms with Crippen molar-refractivity contribution in [2.24, 2.45) is 0 Å². The first-order valence-corrected chi connectivity index (χ1v) is 11.7. The van der Waals surface area contributed by atoms with Crippen LogP contribution in [0.15, 0.2) is 34.0 Å². The van der Waals surface area contributed by atoms with Gasteiger partial charge in [-0.05, 0) is 24.1 Å². The number of methoxy groups -OCH3 is 1. The number of imidazole rings is 1. The van der Waals surface area contributed by atoms with Crippen LogP contribution in [0, 0.1) is 0 Å². The highest BCUT2D eigenvalue weighted by Crippen LogP contribution is 2.19. The number of hydrogen-bond donors (Lipinski definition) is 2. The van der Waals surface area contributed by atoms with Gasteiger partial charge in [-0.15, -0.1) is 0 Å². The first kappa shape index (κ1) is 23.3.